The van der Waals surface area contributed by atoms with Crippen LogP contribution in [0, 0.1) is 5.41 Å². The van der Waals surface area contributed by atoms with Crippen LogP contribution < -0.4 is 0 Å². The van der Waals surface area contributed by atoms with Gasteiger partial charge in [-0.25, -0.2) is 4.79 Å². The summed E-state index contributed by atoms with van der Waals surface area (Å²) in [5.74, 6) is -13.5. The first-order chi connectivity index (χ1) is 18.1. The topological polar surface area (TPSA) is 207 Å². The molecule has 1 atom stereocenters. The standard InChI is InChI=1S/C23H30O15/c24-13-21(14-25)22(32-15(26)7-1-2-8-16(27)33-22)34-17(28)9-3-4-10-18(29)35-23(21)36-19(30)11-5-6-12-20(31)37-38-23/h24-25H,1-14H2. The van der Waals surface area contributed by atoms with E-state index in [9.17, 15) is 39.0 Å². The number of carbonyl (C=O) groups excluding carboxylic acids is 6. The normalized spacial score (nSPS) is 27.6. The van der Waals surface area contributed by atoms with Gasteiger partial charge in [0.1, 0.15) is 0 Å². The molecule has 3 saturated heterocycles. The van der Waals surface area contributed by atoms with Gasteiger partial charge in [0.15, 0.2) is 0 Å². The number of rotatable bonds is 2. The molecule has 3 fully saturated rings. The second-order valence-electron chi connectivity index (χ2n) is 9.04. The zero-order valence-electron chi connectivity index (χ0n) is 20.6. The second-order valence-corrected chi connectivity index (χ2v) is 9.04. The van der Waals surface area contributed by atoms with Gasteiger partial charge in [-0.3, -0.25) is 28.9 Å². The summed E-state index contributed by atoms with van der Waals surface area (Å²) in [6, 6.07) is 0. The fraction of sp³-hybridized carbons (Fsp3) is 0.739. The first kappa shape index (κ1) is 29.3. The maximum atomic E-state index is 12.9. The smallest absolute Gasteiger partial charge is 0.395 e. The van der Waals surface area contributed by atoms with Gasteiger partial charge in [-0.15, -0.1) is 0 Å². The maximum Gasteiger partial charge on any atom is 0.445 e. The van der Waals surface area contributed by atoms with Gasteiger partial charge in [0, 0.05) is 38.5 Å². The zero-order chi connectivity index (χ0) is 27.8. The largest absolute Gasteiger partial charge is 0.445 e. The molecular formula is C23H30O15. The van der Waals surface area contributed by atoms with Gasteiger partial charge in [-0.05, 0) is 38.5 Å². The predicted molar refractivity (Wildman–Crippen MR) is 115 cm³/mol. The molecule has 212 valence electrons. The summed E-state index contributed by atoms with van der Waals surface area (Å²) in [6.07, 6.45) is -1.24. The zero-order valence-corrected chi connectivity index (χ0v) is 20.6. The van der Waals surface area contributed by atoms with E-state index in [4.69, 9.17) is 33.5 Å². The van der Waals surface area contributed by atoms with Gasteiger partial charge in [0.25, 0.3) is 0 Å². The van der Waals surface area contributed by atoms with E-state index < -0.39 is 66.4 Å². The van der Waals surface area contributed by atoms with Crippen molar-refractivity contribution in [1.82, 2.24) is 0 Å². The molecule has 2 spiro atoms. The lowest BCUT2D eigenvalue weighted by Crippen LogP contribution is -2.73. The van der Waals surface area contributed by atoms with Gasteiger partial charge in [0.2, 0.25) is 5.41 Å². The number of aliphatic hydroxyl groups is 2. The lowest BCUT2D eigenvalue weighted by molar-refractivity contribution is -0.545. The molecule has 0 aromatic rings. The highest BCUT2D eigenvalue weighted by molar-refractivity contribution is 5.76. The van der Waals surface area contributed by atoms with Crippen molar-refractivity contribution < 1.29 is 72.4 Å². The van der Waals surface area contributed by atoms with Gasteiger partial charge >= 0.3 is 47.8 Å². The summed E-state index contributed by atoms with van der Waals surface area (Å²) in [5.41, 5.74) is -3.12. The van der Waals surface area contributed by atoms with E-state index in [2.05, 4.69) is 0 Å². The average molecular weight is 546 g/mol. The van der Waals surface area contributed by atoms with Gasteiger partial charge < -0.3 is 33.9 Å². The molecule has 15 nitrogen and oxygen atoms in total. The molecule has 0 radical (unpaired) electrons. The van der Waals surface area contributed by atoms with Crippen LogP contribution in [0.5, 0.6) is 0 Å². The highest BCUT2D eigenvalue weighted by Gasteiger charge is 2.79. The molecule has 3 rings (SSSR count). The van der Waals surface area contributed by atoms with Crippen LogP contribution in [-0.4, -0.2) is 71.2 Å². The molecule has 1 unspecified atom stereocenters. The fourth-order valence-electron chi connectivity index (χ4n) is 4.07. The summed E-state index contributed by atoms with van der Waals surface area (Å²) >= 11 is 0. The molecule has 0 aromatic carbocycles. The van der Waals surface area contributed by atoms with Crippen molar-refractivity contribution in [2.75, 3.05) is 13.2 Å². The first-order valence-electron chi connectivity index (χ1n) is 12.3. The maximum absolute atomic E-state index is 12.9. The number of carbonyl (C=O) groups is 6. The van der Waals surface area contributed by atoms with Crippen LogP contribution in [0.25, 0.3) is 0 Å². The van der Waals surface area contributed by atoms with Crippen molar-refractivity contribution >= 4 is 35.8 Å². The summed E-state index contributed by atoms with van der Waals surface area (Å²) in [4.78, 5) is 86.2. The number of aliphatic hydroxyl groups excluding tert-OH is 2. The Balaban J connectivity index is 2.33. The van der Waals surface area contributed by atoms with Crippen LogP contribution in [0.2, 0.25) is 0 Å². The number of esters is 5. The Kier molecular flexibility index (Phi) is 9.62. The molecule has 3 heterocycles. The van der Waals surface area contributed by atoms with Crippen LogP contribution in [0.3, 0.4) is 0 Å². The van der Waals surface area contributed by atoms with E-state index in [1.807, 2.05) is 0 Å². The van der Waals surface area contributed by atoms with Crippen LogP contribution in [0.4, 0.5) is 0 Å². The lowest BCUT2D eigenvalue weighted by atomic mass is 9.82. The SMILES string of the molecule is O=C1CCCCC(=O)OC2(OO1)OC(=O)CCCCC(=O)OC1(OC(=O)CCCCC(=O)O1)C2(CO)CO. The molecule has 3 aliphatic rings. The van der Waals surface area contributed by atoms with Gasteiger partial charge in [0.05, 0.1) is 13.2 Å². The average Bonchev–Trinajstić information content (AvgIpc) is 2.91. The Morgan fingerprint density at radius 3 is 1.08 bits per heavy atom. The van der Waals surface area contributed by atoms with Gasteiger partial charge in [-0.1, -0.05) is 4.89 Å². The van der Waals surface area contributed by atoms with Crippen LogP contribution in [0.15, 0.2) is 0 Å². The van der Waals surface area contributed by atoms with Crippen LogP contribution >= 0.6 is 0 Å². The molecule has 2 N–H and O–H groups in total. The third-order valence-corrected chi connectivity index (χ3v) is 6.23. The molecule has 0 saturated carbocycles. The van der Waals surface area contributed by atoms with E-state index in [0.29, 0.717) is 0 Å². The molecule has 0 bridgehead atoms. The van der Waals surface area contributed by atoms with Crippen molar-refractivity contribution in [2.45, 2.75) is 89.0 Å². The molecule has 38 heavy (non-hydrogen) atoms. The van der Waals surface area contributed by atoms with E-state index in [0.717, 1.165) is 0 Å². The van der Waals surface area contributed by atoms with Crippen LogP contribution in [0.1, 0.15) is 77.0 Å². The molecular weight excluding hydrogens is 516 g/mol. The molecule has 15 heteroatoms. The minimum Gasteiger partial charge on any atom is -0.395 e. The van der Waals surface area contributed by atoms with Crippen molar-refractivity contribution in [1.29, 1.82) is 0 Å². The Bertz CT molecular complexity index is 919. The number of ether oxygens (including phenoxy) is 5. The molecule has 0 amide bonds. The summed E-state index contributed by atoms with van der Waals surface area (Å²) in [5, 5.41) is 21.4. The fourth-order valence-corrected chi connectivity index (χ4v) is 4.07. The van der Waals surface area contributed by atoms with Gasteiger partial charge in [-0.2, -0.15) is 0 Å². The molecule has 0 aromatic heterocycles. The Morgan fingerprint density at radius 2 is 0.763 bits per heavy atom. The highest BCUT2D eigenvalue weighted by Crippen LogP contribution is 2.50. The summed E-state index contributed by atoms with van der Waals surface area (Å²) in [6.45, 7) is -3.06. The first-order valence-corrected chi connectivity index (χ1v) is 12.3. The van der Waals surface area contributed by atoms with E-state index in [1.165, 1.54) is 0 Å². The quantitative estimate of drug-likeness (QED) is 0.350. The van der Waals surface area contributed by atoms with E-state index >= 15 is 0 Å². The van der Waals surface area contributed by atoms with Crippen molar-refractivity contribution in [3.05, 3.63) is 0 Å². The third kappa shape index (κ3) is 6.22. The molecule has 3 aliphatic heterocycles. The van der Waals surface area contributed by atoms with Crippen molar-refractivity contribution in [3.8, 4) is 0 Å². The van der Waals surface area contributed by atoms with E-state index in [1.54, 1.807) is 0 Å². The molecule has 0 aliphatic carbocycles. The third-order valence-electron chi connectivity index (χ3n) is 6.23. The van der Waals surface area contributed by atoms with Crippen molar-refractivity contribution in [3.63, 3.8) is 0 Å². The Morgan fingerprint density at radius 1 is 0.474 bits per heavy atom. The van der Waals surface area contributed by atoms with E-state index in [-0.39, 0.29) is 77.0 Å². The summed E-state index contributed by atoms with van der Waals surface area (Å²) in [7, 11) is 0. The Labute approximate surface area is 216 Å². The summed E-state index contributed by atoms with van der Waals surface area (Å²) < 4.78 is 26.6. The number of hydrogen-bond acceptors (Lipinski definition) is 15. The predicted octanol–water partition coefficient (Wildman–Crippen LogP) is 0.178. The Hall–Kier alpha value is -3.30. The minimum atomic E-state index is -3.46. The lowest BCUT2D eigenvalue weighted by Gasteiger charge is -2.49. The number of hydrogen-bond donors (Lipinski definition) is 2. The second kappa shape index (κ2) is 12.5. The monoisotopic (exact) mass is 546 g/mol. The highest BCUT2D eigenvalue weighted by atomic mass is 17.3. The van der Waals surface area contributed by atoms with Crippen molar-refractivity contribution in [2.24, 2.45) is 5.41 Å². The van der Waals surface area contributed by atoms with Crippen LogP contribution in [-0.2, 0) is 62.2 Å². The minimum absolute atomic E-state index is 0.0512.